The molecular formula is C16H24N4O4. The summed E-state index contributed by atoms with van der Waals surface area (Å²) in [6.07, 6.45) is 2.99. The van der Waals surface area contributed by atoms with E-state index < -0.39 is 0 Å². The summed E-state index contributed by atoms with van der Waals surface area (Å²) in [6, 6.07) is 1.81. The molecule has 1 saturated heterocycles. The van der Waals surface area contributed by atoms with Gasteiger partial charge in [-0.2, -0.15) is 0 Å². The largest absolute Gasteiger partial charge is 0.450 e. The smallest absolute Gasteiger partial charge is 0.409 e. The fourth-order valence-corrected chi connectivity index (χ4v) is 2.46. The fourth-order valence-electron chi connectivity index (χ4n) is 2.46. The van der Waals surface area contributed by atoms with Crippen LogP contribution in [0.25, 0.3) is 0 Å². The molecule has 8 heteroatoms. The molecule has 1 aliphatic rings. The number of carbonyl (C=O) groups is 2. The molecule has 1 N–H and O–H groups in total. The molecule has 0 saturated carbocycles. The molecule has 1 aromatic rings. The van der Waals surface area contributed by atoms with Crippen molar-refractivity contribution in [2.75, 3.05) is 57.9 Å². The second-order valence-corrected chi connectivity index (χ2v) is 5.35. The molecule has 8 nitrogen and oxygen atoms in total. The number of carbonyl (C=O) groups excluding carboxylic acids is 2. The van der Waals surface area contributed by atoms with Gasteiger partial charge in [-0.05, 0) is 13.0 Å². The first kappa shape index (κ1) is 18.0. The van der Waals surface area contributed by atoms with Crippen molar-refractivity contribution >= 4 is 17.7 Å². The lowest BCUT2D eigenvalue weighted by atomic mass is 10.2. The molecule has 24 heavy (non-hydrogen) atoms. The highest BCUT2D eigenvalue weighted by Crippen LogP contribution is 2.17. The topological polar surface area (TPSA) is 84.0 Å². The molecule has 2 heterocycles. The van der Waals surface area contributed by atoms with Crippen molar-refractivity contribution in [3.63, 3.8) is 0 Å². The Hall–Kier alpha value is -2.35. The summed E-state index contributed by atoms with van der Waals surface area (Å²) in [4.78, 5) is 31.7. The van der Waals surface area contributed by atoms with Crippen LogP contribution in [0.2, 0.25) is 0 Å². The summed E-state index contributed by atoms with van der Waals surface area (Å²) in [5.41, 5.74) is 1.38. The molecule has 0 bridgehead atoms. The van der Waals surface area contributed by atoms with Crippen LogP contribution in [0.15, 0.2) is 18.5 Å². The Morgan fingerprint density at radius 1 is 1.25 bits per heavy atom. The lowest BCUT2D eigenvalue weighted by molar-refractivity contribution is 0.0936. The molecule has 2 amide bonds. The number of anilines is 1. The third kappa shape index (κ3) is 4.82. The third-order valence-corrected chi connectivity index (χ3v) is 3.75. The van der Waals surface area contributed by atoms with Gasteiger partial charge in [0.15, 0.2) is 0 Å². The van der Waals surface area contributed by atoms with Gasteiger partial charge in [0, 0.05) is 46.0 Å². The predicted molar refractivity (Wildman–Crippen MR) is 89.3 cm³/mol. The van der Waals surface area contributed by atoms with E-state index in [1.165, 1.54) is 0 Å². The number of nitrogens with one attached hydrogen (secondary N) is 1. The summed E-state index contributed by atoms with van der Waals surface area (Å²) in [7, 11) is 1.59. The molecule has 1 fully saturated rings. The highest BCUT2D eigenvalue weighted by molar-refractivity contribution is 5.94. The first-order chi connectivity index (χ1) is 11.7. The first-order valence-electron chi connectivity index (χ1n) is 8.04. The van der Waals surface area contributed by atoms with Crippen molar-refractivity contribution < 1.29 is 19.1 Å². The molecule has 0 aromatic carbocycles. The van der Waals surface area contributed by atoms with Crippen molar-refractivity contribution in [1.29, 1.82) is 0 Å². The Labute approximate surface area is 141 Å². The van der Waals surface area contributed by atoms with Crippen LogP contribution in [-0.2, 0) is 9.47 Å². The molecule has 0 unspecified atom stereocenters. The van der Waals surface area contributed by atoms with E-state index in [1.807, 2.05) is 6.07 Å². The van der Waals surface area contributed by atoms with Gasteiger partial charge < -0.3 is 24.6 Å². The molecule has 132 valence electrons. The van der Waals surface area contributed by atoms with Crippen LogP contribution in [0.3, 0.4) is 0 Å². The van der Waals surface area contributed by atoms with E-state index in [-0.39, 0.29) is 12.0 Å². The van der Waals surface area contributed by atoms with E-state index in [0.29, 0.717) is 51.5 Å². The minimum absolute atomic E-state index is 0.174. The van der Waals surface area contributed by atoms with Gasteiger partial charge in [0.1, 0.15) is 0 Å². The maximum atomic E-state index is 12.1. The minimum Gasteiger partial charge on any atom is -0.450 e. The van der Waals surface area contributed by atoms with Gasteiger partial charge in [-0.1, -0.05) is 0 Å². The van der Waals surface area contributed by atoms with Crippen molar-refractivity contribution in [1.82, 2.24) is 15.2 Å². The van der Waals surface area contributed by atoms with Gasteiger partial charge in [0.05, 0.1) is 30.7 Å². The molecule has 0 aliphatic carbocycles. The number of methoxy groups -OCH3 is 1. The van der Waals surface area contributed by atoms with Crippen molar-refractivity contribution in [3.8, 4) is 0 Å². The van der Waals surface area contributed by atoms with Crippen molar-refractivity contribution in [2.45, 2.75) is 6.92 Å². The van der Waals surface area contributed by atoms with E-state index in [1.54, 1.807) is 31.3 Å². The maximum Gasteiger partial charge on any atom is 0.409 e. The number of pyridine rings is 1. The van der Waals surface area contributed by atoms with Crippen LogP contribution in [0.5, 0.6) is 0 Å². The molecule has 0 radical (unpaired) electrons. The van der Waals surface area contributed by atoms with Gasteiger partial charge in [-0.15, -0.1) is 0 Å². The lowest BCUT2D eigenvalue weighted by Crippen LogP contribution is -2.49. The summed E-state index contributed by atoms with van der Waals surface area (Å²) < 4.78 is 9.93. The molecule has 0 spiro atoms. The summed E-state index contributed by atoms with van der Waals surface area (Å²) in [5, 5.41) is 2.77. The molecule has 0 atom stereocenters. The van der Waals surface area contributed by atoms with Crippen molar-refractivity contribution in [3.05, 3.63) is 24.0 Å². The van der Waals surface area contributed by atoms with Gasteiger partial charge in [0.2, 0.25) is 0 Å². The molecule has 1 aromatic heterocycles. The maximum absolute atomic E-state index is 12.1. The Morgan fingerprint density at radius 3 is 2.67 bits per heavy atom. The second-order valence-electron chi connectivity index (χ2n) is 5.35. The summed E-state index contributed by atoms with van der Waals surface area (Å²) in [6.45, 7) is 5.62. The van der Waals surface area contributed by atoms with Gasteiger partial charge in [-0.25, -0.2) is 4.79 Å². The molecule has 1 aliphatic heterocycles. The standard InChI is InChI=1S/C16H24N4O4/c1-3-24-16(22)20-7-5-19(6-8-20)14-10-13(11-17-12-14)15(21)18-4-9-23-2/h10-12H,3-9H2,1-2H3,(H,18,21). The lowest BCUT2D eigenvalue weighted by Gasteiger charge is -2.35. The van der Waals surface area contributed by atoms with Gasteiger partial charge >= 0.3 is 6.09 Å². The van der Waals surface area contributed by atoms with E-state index in [0.717, 1.165) is 5.69 Å². The number of aromatic nitrogens is 1. The number of hydrogen-bond acceptors (Lipinski definition) is 6. The average molecular weight is 336 g/mol. The Bertz CT molecular complexity index is 559. The average Bonchev–Trinajstić information content (AvgIpc) is 2.62. The number of piperazine rings is 1. The number of ether oxygens (including phenoxy) is 2. The van der Waals surface area contributed by atoms with Crippen LogP contribution in [0.1, 0.15) is 17.3 Å². The van der Waals surface area contributed by atoms with E-state index in [2.05, 4.69) is 15.2 Å². The predicted octanol–water partition coefficient (Wildman–Crippen LogP) is 0.736. The SMILES string of the molecule is CCOC(=O)N1CCN(c2cncc(C(=O)NCCOC)c2)CC1. The van der Waals surface area contributed by atoms with Crippen LogP contribution < -0.4 is 10.2 Å². The normalized spacial score (nSPS) is 14.4. The van der Waals surface area contributed by atoms with Gasteiger partial charge in [-0.3, -0.25) is 9.78 Å². The summed E-state index contributed by atoms with van der Waals surface area (Å²) in [5.74, 6) is -0.174. The van der Waals surface area contributed by atoms with Crippen LogP contribution in [0.4, 0.5) is 10.5 Å². The monoisotopic (exact) mass is 336 g/mol. The highest BCUT2D eigenvalue weighted by atomic mass is 16.6. The Kier molecular flexibility index (Phi) is 6.80. The quantitative estimate of drug-likeness (QED) is 0.771. The zero-order valence-corrected chi connectivity index (χ0v) is 14.2. The fraction of sp³-hybridized carbons (Fsp3) is 0.562. The zero-order chi connectivity index (χ0) is 17.4. The zero-order valence-electron chi connectivity index (χ0n) is 14.2. The highest BCUT2D eigenvalue weighted by Gasteiger charge is 2.22. The van der Waals surface area contributed by atoms with Crippen LogP contribution in [0, 0.1) is 0 Å². The number of rotatable bonds is 6. The molecular weight excluding hydrogens is 312 g/mol. The van der Waals surface area contributed by atoms with E-state index >= 15 is 0 Å². The van der Waals surface area contributed by atoms with E-state index in [9.17, 15) is 9.59 Å². The minimum atomic E-state index is -0.276. The summed E-state index contributed by atoms with van der Waals surface area (Å²) >= 11 is 0. The van der Waals surface area contributed by atoms with Gasteiger partial charge in [0.25, 0.3) is 5.91 Å². The number of nitrogens with zero attached hydrogens (tertiary/aromatic N) is 3. The molecule has 2 rings (SSSR count). The number of hydrogen-bond donors (Lipinski definition) is 1. The Balaban J connectivity index is 1.92. The third-order valence-electron chi connectivity index (χ3n) is 3.75. The second kappa shape index (κ2) is 9.07. The van der Waals surface area contributed by atoms with Crippen molar-refractivity contribution in [2.24, 2.45) is 0 Å². The first-order valence-corrected chi connectivity index (χ1v) is 8.04. The Morgan fingerprint density at radius 2 is 2.00 bits per heavy atom. The van der Waals surface area contributed by atoms with Crippen LogP contribution >= 0.6 is 0 Å². The number of amides is 2. The van der Waals surface area contributed by atoms with E-state index in [4.69, 9.17) is 9.47 Å². The van der Waals surface area contributed by atoms with Crippen LogP contribution in [-0.4, -0.2) is 74.9 Å².